The number of carbonyl (C=O) groups excluding carboxylic acids is 1. The SMILES string of the molecule is CC=CC(=O)OCC(O)CNc1ccc(N)c(-c2ccccc2)c1. The predicted molar refractivity (Wildman–Crippen MR) is 96.6 cm³/mol. The van der Waals surface area contributed by atoms with E-state index in [9.17, 15) is 9.90 Å². The van der Waals surface area contributed by atoms with Crippen molar-refractivity contribution in [2.45, 2.75) is 13.0 Å². The number of nitrogens with two attached hydrogens (primary N) is 1. The standard InChI is InChI=1S/C19H22N2O3/c1-2-6-19(23)24-13-16(22)12-21-15-9-10-18(20)17(11-15)14-7-4-3-5-8-14/h2-11,16,21-22H,12-13,20H2,1H3. The van der Waals surface area contributed by atoms with Crippen LogP contribution in [0.4, 0.5) is 11.4 Å². The van der Waals surface area contributed by atoms with Gasteiger partial charge in [-0.1, -0.05) is 36.4 Å². The highest BCUT2D eigenvalue weighted by Gasteiger charge is 2.08. The van der Waals surface area contributed by atoms with E-state index in [1.807, 2.05) is 48.5 Å². The summed E-state index contributed by atoms with van der Waals surface area (Å²) < 4.78 is 4.91. The number of hydrogen-bond donors (Lipinski definition) is 3. The average molecular weight is 326 g/mol. The molecule has 0 saturated heterocycles. The van der Waals surface area contributed by atoms with Crippen molar-refractivity contribution in [3.63, 3.8) is 0 Å². The zero-order chi connectivity index (χ0) is 17.4. The lowest BCUT2D eigenvalue weighted by molar-refractivity contribution is -0.140. The minimum atomic E-state index is -0.795. The van der Waals surface area contributed by atoms with E-state index in [-0.39, 0.29) is 13.2 Å². The van der Waals surface area contributed by atoms with Crippen LogP contribution in [0, 0.1) is 0 Å². The van der Waals surface area contributed by atoms with Crippen LogP contribution in [0.25, 0.3) is 11.1 Å². The normalized spacial score (nSPS) is 12.1. The second-order valence-corrected chi connectivity index (χ2v) is 5.33. The number of rotatable bonds is 7. The number of benzene rings is 2. The highest BCUT2D eigenvalue weighted by atomic mass is 16.5. The third-order valence-electron chi connectivity index (χ3n) is 3.40. The Labute approximate surface area is 141 Å². The fraction of sp³-hybridized carbons (Fsp3) is 0.211. The number of hydrogen-bond acceptors (Lipinski definition) is 5. The summed E-state index contributed by atoms with van der Waals surface area (Å²) in [5.41, 5.74) is 9.52. The molecule has 4 N–H and O–H groups in total. The molecule has 2 rings (SSSR count). The van der Waals surface area contributed by atoms with Crippen molar-refractivity contribution >= 4 is 17.3 Å². The number of carbonyl (C=O) groups is 1. The van der Waals surface area contributed by atoms with Gasteiger partial charge < -0.3 is 20.9 Å². The van der Waals surface area contributed by atoms with Gasteiger partial charge in [-0.05, 0) is 30.7 Å². The fourth-order valence-electron chi connectivity index (χ4n) is 2.19. The third kappa shape index (κ3) is 5.14. The summed E-state index contributed by atoms with van der Waals surface area (Å²) in [7, 11) is 0. The first kappa shape index (κ1) is 17.6. The molecule has 0 aliphatic rings. The molecule has 0 spiro atoms. The lowest BCUT2D eigenvalue weighted by Crippen LogP contribution is -2.26. The van der Waals surface area contributed by atoms with E-state index in [0.29, 0.717) is 5.69 Å². The maximum absolute atomic E-state index is 11.2. The summed E-state index contributed by atoms with van der Waals surface area (Å²) in [6, 6.07) is 15.4. The molecular formula is C19H22N2O3. The molecule has 0 amide bonds. The predicted octanol–water partition coefficient (Wildman–Crippen LogP) is 2.83. The summed E-state index contributed by atoms with van der Waals surface area (Å²) in [5, 5.41) is 13.0. The lowest BCUT2D eigenvalue weighted by atomic mass is 10.0. The van der Waals surface area contributed by atoms with Gasteiger partial charge in [-0.15, -0.1) is 0 Å². The number of aliphatic hydroxyl groups excluding tert-OH is 1. The first-order chi connectivity index (χ1) is 11.6. The van der Waals surface area contributed by atoms with Crippen LogP contribution >= 0.6 is 0 Å². The van der Waals surface area contributed by atoms with Crippen molar-refractivity contribution < 1.29 is 14.6 Å². The zero-order valence-electron chi connectivity index (χ0n) is 13.6. The number of esters is 1. The number of nitrogens with one attached hydrogen (secondary N) is 1. The van der Waals surface area contributed by atoms with E-state index in [1.165, 1.54) is 6.08 Å². The molecule has 2 aromatic carbocycles. The molecule has 5 nitrogen and oxygen atoms in total. The Morgan fingerprint density at radius 3 is 2.75 bits per heavy atom. The summed E-state index contributed by atoms with van der Waals surface area (Å²) >= 11 is 0. The highest BCUT2D eigenvalue weighted by Crippen LogP contribution is 2.28. The Morgan fingerprint density at radius 2 is 2.04 bits per heavy atom. The minimum absolute atomic E-state index is 0.0588. The maximum Gasteiger partial charge on any atom is 0.330 e. The van der Waals surface area contributed by atoms with Gasteiger partial charge in [0, 0.05) is 29.6 Å². The molecule has 0 heterocycles. The topological polar surface area (TPSA) is 84.6 Å². The molecule has 126 valence electrons. The molecule has 0 aliphatic heterocycles. The Morgan fingerprint density at radius 1 is 1.29 bits per heavy atom. The van der Waals surface area contributed by atoms with Crippen LogP contribution in [0.1, 0.15) is 6.92 Å². The molecule has 2 aromatic rings. The number of aliphatic hydroxyl groups is 1. The quantitative estimate of drug-likeness (QED) is 0.414. The smallest absolute Gasteiger partial charge is 0.330 e. The molecule has 1 unspecified atom stereocenters. The van der Waals surface area contributed by atoms with Gasteiger partial charge in [0.1, 0.15) is 12.7 Å². The number of ether oxygens (including phenoxy) is 1. The van der Waals surface area contributed by atoms with E-state index in [4.69, 9.17) is 10.5 Å². The van der Waals surface area contributed by atoms with Gasteiger partial charge in [0.15, 0.2) is 0 Å². The van der Waals surface area contributed by atoms with Gasteiger partial charge in [0.05, 0.1) is 0 Å². The molecular weight excluding hydrogens is 304 g/mol. The minimum Gasteiger partial charge on any atom is -0.460 e. The van der Waals surface area contributed by atoms with Crippen LogP contribution in [0.2, 0.25) is 0 Å². The van der Waals surface area contributed by atoms with E-state index in [1.54, 1.807) is 13.0 Å². The van der Waals surface area contributed by atoms with Crippen LogP contribution in [-0.2, 0) is 9.53 Å². The van der Waals surface area contributed by atoms with Gasteiger partial charge in [-0.25, -0.2) is 4.79 Å². The second-order valence-electron chi connectivity index (χ2n) is 5.33. The van der Waals surface area contributed by atoms with Crippen LogP contribution in [-0.4, -0.2) is 30.3 Å². The van der Waals surface area contributed by atoms with Crippen LogP contribution < -0.4 is 11.1 Å². The van der Waals surface area contributed by atoms with E-state index in [0.717, 1.165) is 16.8 Å². The zero-order valence-corrected chi connectivity index (χ0v) is 13.6. The van der Waals surface area contributed by atoms with Crippen molar-refractivity contribution in [3.05, 3.63) is 60.7 Å². The largest absolute Gasteiger partial charge is 0.460 e. The Kier molecular flexibility index (Phi) is 6.40. The molecule has 0 aromatic heterocycles. The Balaban J connectivity index is 1.95. The molecule has 5 heteroatoms. The van der Waals surface area contributed by atoms with Gasteiger partial charge in [-0.2, -0.15) is 0 Å². The molecule has 1 atom stereocenters. The highest BCUT2D eigenvalue weighted by molar-refractivity contribution is 5.81. The van der Waals surface area contributed by atoms with Crippen molar-refractivity contribution in [2.75, 3.05) is 24.2 Å². The third-order valence-corrected chi connectivity index (χ3v) is 3.40. The lowest BCUT2D eigenvalue weighted by Gasteiger charge is -2.14. The molecule has 0 saturated carbocycles. The summed E-state index contributed by atoms with van der Waals surface area (Å²) in [6.07, 6.45) is 2.11. The van der Waals surface area contributed by atoms with Gasteiger partial charge in [-0.3, -0.25) is 0 Å². The molecule has 0 radical (unpaired) electrons. The average Bonchev–Trinajstić information content (AvgIpc) is 2.60. The summed E-state index contributed by atoms with van der Waals surface area (Å²) in [5.74, 6) is -0.463. The number of allylic oxidation sites excluding steroid dienone is 1. The van der Waals surface area contributed by atoms with Crippen LogP contribution in [0.5, 0.6) is 0 Å². The number of nitrogen functional groups attached to an aromatic ring is 1. The summed E-state index contributed by atoms with van der Waals surface area (Å²) in [6.45, 7) is 1.93. The van der Waals surface area contributed by atoms with Gasteiger partial charge in [0.2, 0.25) is 0 Å². The fourth-order valence-corrected chi connectivity index (χ4v) is 2.19. The van der Waals surface area contributed by atoms with E-state index in [2.05, 4.69) is 5.32 Å². The Bertz CT molecular complexity index is 699. The van der Waals surface area contributed by atoms with Crippen molar-refractivity contribution in [1.29, 1.82) is 0 Å². The number of anilines is 2. The molecule has 0 aliphatic carbocycles. The Hall–Kier alpha value is -2.79. The van der Waals surface area contributed by atoms with E-state index < -0.39 is 12.1 Å². The van der Waals surface area contributed by atoms with Gasteiger partial charge in [0.25, 0.3) is 0 Å². The maximum atomic E-state index is 11.2. The van der Waals surface area contributed by atoms with Crippen molar-refractivity contribution in [3.8, 4) is 11.1 Å². The first-order valence-corrected chi connectivity index (χ1v) is 7.76. The molecule has 0 fully saturated rings. The van der Waals surface area contributed by atoms with Crippen LogP contribution in [0.3, 0.4) is 0 Å². The monoisotopic (exact) mass is 326 g/mol. The van der Waals surface area contributed by atoms with Crippen LogP contribution in [0.15, 0.2) is 60.7 Å². The van der Waals surface area contributed by atoms with Gasteiger partial charge >= 0.3 is 5.97 Å². The van der Waals surface area contributed by atoms with Crippen molar-refractivity contribution in [1.82, 2.24) is 0 Å². The first-order valence-electron chi connectivity index (χ1n) is 7.76. The molecule has 24 heavy (non-hydrogen) atoms. The van der Waals surface area contributed by atoms with E-state index >= 15 is 0 Å². The summed E-state index contributed by atoms with van der Waals surface area (Å²) in [4.78, 5) is 11.2. The molecule has 0 bridgehead atoms. The van der Waals surface area contributed by atoms with Crippen molar-refractivity contribution in [2.24, 2.45) is 0 Å². The second kappa shape index (κ2) is 8.74.